The normalized spacial score (nSPS) is 13.6. The summed E-state index contributed by atoms with van der Waals surface area (Å²) < 4.78 is 5.10. The van der Waals surface area contributed by atoms with Gasteiger partial charge in [-0.15, -0.1) is 0 Å². The molecule has 3 aliphatic carbocycles. The lowest BCUT2D eigenvalue weighted by atomic mass is 9.99. The van der Waals surface area contributed by atoms with E-state index in [0.717, 1.165) is 16.4 Å². The van der Waals surface area contributed by atoms with Gasteiger partial charge in [-0.05, 0) is 45.8 Å². The SMILES string of the molecule is C1=Cc2ccccc21.C1=Cc2ccccc21.C1=Cc2ccccc21.C1CC[Si]OC1.C=CC=C. The van der Waals surface area contributed by atoms with Crippen LogP contribution in [0.25, 0.3) is 36.5 Å². The molecule has 0 amide bonds. The summed E-state index contributed by atoms with van der Waals surface area (Å²) >= 11 is 0. The summed E-state index contributed by atoms with van der Waals surface area (Å²) in [6.07, 6.45) is 18.7. The van der Waals surface area contributed by atoms with Gasteiger partial charge in [0.1, 0.15) is 0 Å². The first kappa shape index (κ1) is 25.2. The predicted molar refractivity (Wildman–Crippen MR) is 152 cm³/mol. The molecule has 2 heteroatoms. The summed E-state index contributed by atoms with van der Waals surface area (Å²) in [6.45, 7) is 7.73. The average molecular weight is 461 g/mol. The molecule has 4 aliphatic rings. The fourth-order valence-electron chi connectivity index (χ4n) is 3.21. The van der Waals surface area contributed by atoms with Gasteiger partial charge in [0.2, 0.25) is 9.76 Å². The summed E-state index contributed by atoms with van der Waals surface area (Å²) in [4.78, 5) is 0. The van der Waals surface area contributed by atoms with Crippen molar-refractivity contribution in [3.8, 4) is 0 Å². The molecule has 34 heavy (non-hydrogen) atoms. The summed E-state index contributed by atoms with van der Waals surface area (Å²) in [5.41, 5.74) is 8.21. The Morgan fingerprint density at radius 3 is 0.941 bits per heavy atom. The van der Waals surface area contributed by atoms with Gasteiger partial charge in [0.05, 0.1) is 0 Å². The van der Waals surface area contributed by atoms with Crippen LogP contribution in [0.15, 0.2) is 98.1 Å². The summed E-state index contributed by atoms with van der Waals surface area (Å²) in [5, 5.41) is 0. The van der Waals surface area contributed by atoms with Gasteiger partial charge in [-0.25, -0.2) is 0 Å². The first-order valence-corrected chi connectivity index (χ1v) is 12.8. The lowest BCUT2D eigenvalue weighted by Crippen LogP contribution is -2.06. The highest BCUT2D eigenvalue weighted by molar-refractivity contribution is 6.27. The second-order valence-electron chi connectivity index (χ2n) is 7.81. The van der Waals surface area contributed by atoms with E-state index < -0.39 is 0 Å². The lowest BCUT2D eigenvalue weighted by Gasteiger charge is -2.06. The van der Waals surface area contributed by atoms with E-state index in [1.165, 1.54) is 52.3 Å². The van der Waals surface area contributed by atoms with Gasteiger partial charge in [-0.2, -0.15) is 0 Å². The minimum Gasteiger partial charge on any atom is -0.417 e. The molecule has 1 nitrogen and oxygen atoms in total. The van der Waals surface area contributed by atoms with Crippen molar-refractivity contribution in [2.24, 2.45) is 0 Å². The van der Waals surface area contributed by atoms with Crippen LogP contribution in [0.3, 0.4) is 0 Å². The van der Waals surface area contributed by atoms with Crippen molar-refractivity contribution < 1.29 is 4.43 Å². The molecule has 0 atom stereocenters. The maximum atomic E-state index is 5.10. The van der Waals surface area contributed by atoms with Crippen LogP contribution in [0.4, 0.5) is 0 Å². The Hall–Kier alpha value is -3.46. The van der Waals surface area contributed by atoms with Gasteiger partial charge in [-0.1, -0.05) is 141 Å². The van der Waals surface area contributed by atoms with Crippen molar-refractivity contribution in [3.63, 3.8) is 0 Å². The van der Waals surface area contributed by atoms with Crippen molar-refractivity contribution in [1.82, 2.24) is 0 Å². The quantitative estimate of drug-likeness (QED) is 0.176. The molecule has 0 bridgehead atoms. The van der Waals surface area contributed by atoms with E-state index in [2.05, 4.69) is 122 Å². The molecule has 0 aromatic heterocycles. The van der Waals surface area contributed by atoms with Crippen LogP contribution >= 0.6 is 0 Å². The Morgan fingerprint density at radius 2 is 0.853 bits per heavy atom. The van der Waals surface area contributed by atoms with Gasteiger partial charge in [0.25, 0.3) is 0 Å². The number of hydrogen-bond donors (Lipinski definition) is 0. The van der Waals surface area contributed by atoms with Gasteiger partial charge in [0, 0.05) is 6.61 Å². The molecule has 3 aromatic rings. The number of rotatable bonds is 1. The van der Waals surface area contributed by atoms with Gasteiger partial charge < -0.3 is 4.43 Å². The van der Waals surface area contributed by atoms with E-state index in [0.29, 0.717) is 0 Å². The molecule has 1 aliphatic heterocycles. The third-order valence-electron chi connectivity index (χ3n) is 5.36. The number of hydrogen-bond acceptors (Lipinski definition) is 1. The average Bonchev–Trinajstić information content (AvgIpc) is 2.84. The Labute approximate surface area is 207 Å². The van der Waals surface area contributed by atoms with Gasteiger partial charge >= 0.3 is 0 Å². The zero-order valence-corrected chi connectivity index (χ0v) is 20.7. The van der Waals surface area contributed by atoms with Crippen LogP contribution in [0.2, 0.25) is 6.04 Å². The van der Waals surface area contributed by atoms with Crippen molar-refractivity contribution in [2.45, 2.75) is 18.9 Å². The molecule has 3 aromatic carbocycles. The highest BCUT2D eigenvalue weighted by Gasteiger charge is 2.01. The first-order chi connectivity index (χ1) is 16.8. The maximum absolute atomic E-state index is 5.10. The van der Waals surface area contributed by atoms with E-state index >= 15 is 0 Å². The largest absolute Gasteiger partial charge is 0.417 e. The van der Waals surface area contributed by atoms with Crippen LogP contribution in [-0.2, 0) is 4.43 Å². The Morgan fingerprint density at radius 1 is 0.529 bits per heavy atom. The zero-order valence-electron chi connectivity index (χ0n) is 19.7. The van der Waals surface area contributed by atoms with E-state index in [1.807, 2.05) is 0 Å². The standard InChI is InChI=1S/3C8H6.C4H8OSi.C4H6/c3*1-2-4-8-6-5-7(8)3-1;1-2-4-6-5-3-1;1-3-4-2/h3*1-6H;1-4H2;3-4H,1-2H2. The Balaban J connectivity index is 0.000000122. The van der Waals surface area contributed by atoms with Crippen LogP contribution in [-0.4, -0.2) is 16.4 Å². The third kappa shape index (κ3) is 8.15. The molecule has 0 N–H and O–H groups in total. The van der Waals surface area contributed by atoms with E-state index in [1.54, 1.807) is 12.2 Å². The molecule has 170 valence electrons. The molecule has 7 rings (SSSR count). The number of benzene rings is 3. The van der Waals surface area contributed by atoms with Gasteiger partial charge in [-0.3, -0.25) is 0 Å². The zero-order chi connectivity index (χ0) is 23.8. The Bertz CT molecular complexity index is 929. The first-order valence-electron chi connectivity index (χ1n) is 11.7. The van der Waals surface area contributed by atoms with Crippen LogP contribution < -0.4 is 0 Å². The molecule has 0 unspecified atom stereocenters. The maximum Gasteiger partial charge on any atom is 0.229 e. The molecule has 1 heterocycles. The second-order valence-corrected chi connectivity index (χ2v) is 8.89. The smallest absolute Gasteiger partial charge is 0.229 e. The highest BCUT2D eigenvalue weighted by atomic mass is 28.2. The fraction of sp³-hybridized carbons (Fsp3) is 0.125. The predicted octanol–water partition coefficient (Wildman–Crippen LogP) is 8.70. The van der Waals surface area contributed by atoms with Crippen molar-refractivity contribution in [1.29, 1.82) is 0 Å². The van der Waals surface area contributed by atoms with Crippen LogP contribution in [0.5, 0.6) is 0 Å². The lowest BCUT2D eigenvalue weighted by molar-refractivity contribution is 0.304. The number of allylic oxidation sites excluding steroid dienone is 2. The third-order valence-corrected chi connectivity index (χ3v) is 6.33. The minimum atomic E-state index is 0.802. The van der Waals surface area contributed by atoms with E-state index in [9.17, 15) is 0 Å². The van der Waals surface area contributed by atoms with Crippen molar-refractivity contribution in [3.05, 3.63) is 131 Å². The summed E-state index contributed by atoms with van der Waals surface area (Å²) in [6, 6.07) is 26.4. The molecule has 1 fully saturated rings. The molecule has 0 saturated carbocycles. The van der Waals surface area contributed by atoms with Gasteiger partial charge in [0.15, 0.2) is 0 Å². The topological polar surface area (TPSA) is 9.23 Å². The second kappa shape index (κ2) is 14.6. The molecule has 0 spiro atoms. The molecular weight excluding hydrogens is 428 g/mol. The number of fused-ring (bicyclic) bond motifs is 3. The molecule has 2 radical (unpaired) electrons. The van der Waals surface area contributed by atoms with Crippen LogP contribution in [0.1, 0.15) is 46.2 Å². The van der Waals surface area contributed by atoms with E-state index in [4.69, 9.17) is 4.43 Å². The van der Waals surface area contributed by atoms with E-state index in [-0.39, 0.29) is 0 Å². The minimum absolute atomic E-state index is 0.802. The fourth-order valence-corrected chi connectivity index (χ4v) is 4.04. The van der Waals surface area contributed by atoms with Crippen molar-refractivity contribution >= 4 is 46.2 Å². The summed E-state index contributed by atoms with van der Waals surface area (Å²) in [7, 11) is 0.802. The highest BCUT2D eigenvalue weighted by Crippen LogP contribution is 2.22. The Kier molecular flexibility index (Phi) is 10.8. The monoisotopic (exact) mass is 460 g/mol. The molecule has 1 saturated heterocycles. The van der Waals surface area contributed by atoms with Crippen LogP contribution in [0, 0.1) is 0 Å². The summed E-state index contributed by atoms with van der Waals surface area (Å²) in [5.74, 6) is 0. The molecular formula is C32H32OSi. The van der Waals surface area contributed by atoms with Crippen molar-refractivity contribution in [2.75, 3.05) is 6.61 Å².